The SMILES string of the molecule is CCN1c2ccccc2OC1F. The zero-order valence-electron chi connectivity index (χ0n) is 6.83. The molecule has 0 bridgehead atoms. The van der Waals surface area contributed by atoms with Crippen molar-refractivity contribution in [3.05, 3.63) is 24.3 Å². The average Bonchev–Trinajstić information content (AvgIpc) is 2.40. The molecule has 2 nitrogen and oxygen atoms in total. The van der Waals surface area contributed by atoms with Crippen LogP contribution < -0.4 is 9.64 Å². The van der Waals surface area contributed by atoms with E-state index in [1.54, 1.807) is 11.0 Å². The number of halogens is 1. The van der Waals surface area contributed by atoms with Crippen LogP contribution in [-0.2, 0) is 0 Å². The highest BCUT2D eigenvalue weighted by Gasteiger charge is 2.28. The quantitative estimate of drug-likeness (QED) is 0.594. The number of benzene rings is 1. The molecule has 0 saturated heterocycles. The Kier molecular flexibility index (Phi) is 1.64. The van der Waals surface area contributed by atoms with Gasteiger partial charge >= 0.3 is 6.48 Å². The van der Waals surface area contributed by atoms with Crippen LogP contribution in [0.2, 0.25) is 0 Å². The molecule has 0 spiro atoms. The van der Waals surface area contributed by atoms with Crippen LogP contribution >= 0.6 is 0 Å². The number of ether oxygens (including phenoxy) is 1. The molecule has 0 saturated carbocycles. The highest BCUT2D eigenvalue weighted by Crippen LogP contribution is 2.36. The smallest absolute Gasteiger partial charge is 0.321 e. The Balaban J connectivity index is 2.40. The van der Waals surface area contributed by atoms with E-state index >= 15 is 0 Å². The second kappa shape index (κ2) is 2.66. The van der Waals surface area contributed by atoms with Gasteiger partial charge in [0.25, 0.3) is 0 Å². The summed E-state index contributed by atoms with van der Waals surface area (Å²) in [4.78, 5) is 1.58. The number of fused-ring (bicyclic) bond motifs is 1. The van der Waals surface area contributed by atoms with Gasteiger partial charge in [0.05, 0.1) is 5.69 Å². The highest BCUT2D eigenvalue weighted by atomic mass is 19.1. The molecular formula is C9H10FNO. The Morgan fingerprint density at radius 2 is 2.25 bits per heavy atom. The lowest BCUT2D eigenvalue weighted by Gasteiger charge is -2.15. The van der Waals surface area contributed by atoms with Gasteiger partial charge in [-0.2, -0.15) is 4.39 Å². The third kappa shape index (κ3) is 0.932. The molecule has 12 heavy (non-hydrogen) atoms. The third-order valence-corrected chi connectivity index (χ3v) is 1.98. The molecule has 0 N–H and O–H groups in total. The maximum absolute atomic E-state index is 13.1. The molecule has 1 aliphatic heterocycles. The molecule has 0 aromatic heterocycles. The van der Waals surface area contributed by atoms with Crippen LogP contribution in [0.5, 0.6) is 5.75 Å². The second-order valence-corrected chi connectivity index (χ2v) is 2.66. The number of hydrogen-bond acceptors (Lipinski definition) is 2. The van der Waals surface area contributed by atoms with Gasteiger partial charge in [-0.15, -0.1) is 0 Å². The van der Waals surface area contributed by atoms with Crippen molar-refractivity contribution in [2.45, 2.75) is 13.4 Å². The van der Waals surface area contributed by atoms with E-state index in [0.29, 0.717) is 12.3 Å². The lowest BCUT2D eigenvalue weighted by Crippen LogP contribution is -2.30. The molecule has 1 aliphatic rings. The maximum Gasteiger partial charge on any atom is 0.321 e. The predicted octanol–water partition coefficient (Wildman–Crippen LogP) is 2.16. The first-order valence-corrected chi connectivity index (χ1v) is 3.99. The molecule has 1 atom stereocenters. The van der Waals surface area contributed by atoms with Crippen molar-refractivity contribution >= 4 is 5.69 Å². The summed E-state index contributed by atoms with van der Waals surface area (Å²) < 4.78 is 18.1. The van der Waals surface area contributed by atoms with Gasteiger partial charge in [-0.1, -0.05) is 12.1 Å². The zero-order chi connectivity index (χ0) is 8.55. The standard InChI is InChI=1S/C9H10FNO/c1-2-11-7-5-3-4-6-8(7)12-9(11)10/h3-6,9H,2H2,1H3. The van der Waals surface area contributed by atoms with Gasteiger partial charge in [0, 0.05) is 6.54 Å². The summed E-state index contributed by atoms with van der Waals surface area (Å²) in [6.45, 7) is 1.21. The number of hydrogen-bond donors (Lipinski definition) is 0. The fourth-order valence-corrected chi connectivity index (χ4v) is 1.39. The molecule has 0 fully saturated rings. The summed E-state index contributed by atoms with van der Waals surface area (Å²) in [7, 11) is 0. The van der Waals surface area contributed by atoms with Crippen molar-refractivity contribution in [3.8, 4) is 5.75 Å². The van der Waals surface area contributed by atoms with E-state index in [-0.39, 0.29) is 0 Å². The summed E-state index contributed by atoms with van der Waals surface area (Å²) >= 11 is 0. The van der Waals surface area contributed by atoms with Crippen molar-refractivity contribution in [1.82, 2.24) is 0 Å². The van der Waals surface area contributed by atoms with Crippen molar-refractivity contribution in [2.24, 2.45) is 0 Å². The summed E-state index contributed by atoms with van der Waals surface area (Å²) in [6.07, 6.45) is 0. The van der Waals surface area contributed by atoms with E-state index in [0.717, 1.165) is 5.69 Å². The minimum absolute atomic E-state index is 0.623. The fourth-order valence-electron chi connectivity index (χ4n) is 1.39. The minimum Gasteiger partial charge on any atom is -0.441 e. The fraction of sp³-hybridized carbons (Fsp3) is 0.333. The summed E-state index contributed by atoms with van der Waals surface area (Å²) in [6, 6.07) is 7.35. The molecule has 1 aromatic carbocycles. The predicted molar refractivity (Wildman–Crippen MR) is 45.0 cm³/mol. The van der Waals surface area contributed by atoms with Crippen LogP contribution in [0.15, 0.2) is 24.3 Å². The molecular weight excluding hydrogens is 157 g/mol. The van der Waals surface area contributed by atoms with Crippen LogP contribution in [0.25, 0.3) is 0 Å². The first-order valence-electron chi connectivity index (χ1n) is 3.99. The molecule has 64 valence electrons. The molecule has 2 rings (SSSR count). The van der Waals surface area contributed by atoms with Crippen molar-refractivity contribution < 1.29 is 9.13 Å². The summed E-state index contributed by atoms with van der Waals surface area (Å²) in [5.74, 6) is 0.631. The Labute approximate surface area is 70.6 Å². The minimum atomic E-state index is -1.31. The monoisotopic (exact) mass is 167 g/mol. The third-order valence-electron chi connectivity index (χ3n) is 1.98. The van der Waals surface area contributed by atoms with Gasteiger partial charge in [-0.25, -0.2) is 0 Å². The second-order valence-electron chi connectivity index (χ2n) is 2.66. The molecule has 1 heterocycles. The van der Waals surface area contributed by atoms with Crippen LogP contribution in [0.1, 0.15) is 6.92 Å². The van der Waals surface area contributed by atoms with Gasteiger partial charge in [0.15, 0.2) is 0 Å². The molecule has 1 unspecified atom stereocenters. The van der Waals surface area contributed by atoms with E-state index in [1.807, 2.05) is 25.1 Å². The molecule has 0 aliphatic carbocycles. The molecule has 1 aromatic rings. The van der Waals surface area contributed by atoms with Crippen LogP contribution in [0.3, 0.4) is 0 Å². The van der Waals surface area contributed by atoms with Crippen LogP contribution in [0, 0.1) is 0 Å². The molecule has 0 radical (unpaired) electrons. The van der Waals surface area contributed by atoms with Gasteiger partial charge in [-0.3, -0.25) is 0 Å². The Morgan fingerprint density at radius 1 is 1.50 bits per heavy atom. The number of nitrogens with zero attached hydrogens (tertiary/aromatic N) is 1. The van der Waals surface area contributed by atoms with Crippen molar-refractivity contribution in [2.75, 3.05) is 11.4 Å². The van der Waals surface area contributed by atoms with Gasteiger partial charge in [0.2, 0.25) is 0 Å². The maximum atomic E-state index is 13.1. The normalized spacial score (nSPS) is 20.5. The molecule has 0 amide bonds. The van der Waals surface area contributed by atoms with Crippen molar-refractivity contribution in [3.63, 3.8) is 0 Å². The number of anilines is 1. The van der Waals surface area contributed by atoms with Crippen LogP contribution in [0.4, 0.5) is 10.1 Å². The van der Waals surface area contributed by atoms with Gasteiger partial charge in [-0.05, 0) is 19.1 Å². The van der Waals surface area contributed by atoms with Crippen LogP contribution in [-0.4, -0.2) is 13.0 Å². The summed E-state index contributed by atoms with van der Waals surface area (Å²) in [5.41, 5.74) is 0.840. The largest absolute Gasteiger partial charge is 0.441 e. The Hall–Kier alpha value is -1.25. The van der Waals surface area contributed by atoms with Gasteiger partial charge < -0.3 is 9.64 Å². The highest BCUT2D eigenvalue weighted by molar-refractivity contribution is 5.61. The summed E-state index contributed by atoms with van der Waals surface area (Å²) in [5, 5.41) is 0. The number of rotatable bonds is 1. The Morgan fingerprint density at radius 3 is 3.00 bits per heavy atom. The zero-order valence-corrected chi connectivity index (χ0v) is 6.83. The number of alkyl halides is 1. The topological polar surface area (TPSA) is 12.5 Å². The van der Waals surface area contributed by atoms with E-state index in [4.69, 9.17) is 4.74 Å². The van der Waals surface area contributed by atoms with Crippen molar-refractivity contribution in [1.29, 1.82) is 0 Å². The lowest BCUT2D eigenvalue weighted by atomic mass is 10.3. The van der Waals surface area contributed by atoms with E-state index < -0.39 is 6.48 Å². The first kappa shape index (κ1) is 7.40. The number of para-hydroxylation sites is 2. The van der Waals surface area contributed by atoms with E-state index in [1.165, 1.54) is 0 Å². The van der Waals surface area contributed by atoms with E-state index in [2.05, 4.69) is 0 Å². The lowest BCUT2D eigenvalue weighted by molar-refractivity contribution is 0.0855. The Bertz CT molecular complexity index is 290. The first-order chi connectivity index (χ1) is 5.83. The average molecular weight is 167 g/mol. The van der Waals surface area contributed by atoms with Gasteiger partial charge in [0.1, 0.15) is 5.75 Å². The molecule has 3 heteroatoms. The van der Waals surface area contributed by atoms with E-state index in [9.17, 15) is 4.39 Å².